The fourth-order valence-corrected chi connectivity index (χ4v) is 3.51. The summed E-state index contributed by atoms with van der Waals surface area (Å²) in [6, 6.07) is 9.12. The van der Waals surface area contributed by atoms with E-state index >= 15 is 0 Å². The molecule has 0 bridgehead atoms. The summed E-state index contributed by atoms with van der Waals surface area (Å²) in [5, 5.41) is 4.90. The number of amides is 1. The van der Waals surface area contributed by atoms with Gasteiger partial charge in [0.15, 0.2) is 0 Å². The molecule has 27 heavy (non-hydrogen) atoms. The molecule has 1 aromatic heterocycles. The van der Waals surface area contributed by atoms with Crippen molar-refractivity contribution < 1.29 is 22.4 Å². The van der Waals surface area contributed by atoms with Gasteiger partial charge in [0.1, 0.15) is 10.8 Å². The molecule has 0 radical (unpaired) electrons. The van der Waals surface area contributed by atoms with Crippen LogP contribution in [0, 0.1) is 5.82 Å². The largest absolute Gasteiger partial charge is 0.418 e. The van der Waals surface area contributed by atoms with Crippen LogP contribution >= 0.6 is 22.9 Å². The molecule has 3 rings (SSSR count). The Kier molecular flexibility index (Phi) is 5.48. The summed E-state index contributed by atoms with van der Waals surface area (Å²) in [6.45, 7) is 0. The number of benzene rings is 2. The van der Waals surface area contributed by atoms with Gasteiger partial charge in [-0.05, 0) is 24.3 Å². The molecule has 0 atom stereocenters. The Labute approximate surface area is 160 Å². The zero-order chi connectivity index (χ0) is 19.6. The molecular weight excluding hydrogens is 404 g/mol. The van der Waals surface area contributed by atoms with Gasteiger partial charge in [-0.1, -0.05) is 29.8 Å². The lowest BCUT2D eigenvalue weighted by molar-refractivity contribution is -0.137. The highest BCUT2D eigenvalue weighted by Gasteiger charge is 2.34. The van der Waals surface area contributed by atoms with Crippen molar-refractivity contribution in [1.29, 1.82) is 0 Å². The molecule has 140 valence electrons. The number of aromatic nitrogens is 1. The maximum absolute atomic E-state index is 13.1. The first-order valence-electron chi connectivity index (χ1n) is 7.60. The van der Waals surface area contributed by atoms with E-state index in [-0.39, 0.29) is 6.42 Å². The van der Waals surface area contributed by atoms with Crippen molar-refractivity contribution in [1.82, 2.24) is 4.98 Å². The molecule has 1 amide bonds. The highest BCUT2D eigenvalue weighted by molar-refractivity contribution is 7.13. The second-order valence-electron chi connectivity index (χ2n) is 5.54. The van der Waals surface area contributed by atoms with Gasteiger partial charge >= 0.3 is 6.18 Å². The molecule has 0 saturated heterocycles. The molecule has 0 fully saturated rings. The zero-order valence-electron chi connectivity index (χ0n) is 13.5. The summed E-state index contributed by atoms with van der Waals surface area (Å²) in [6.07, 6.45) is -5.02. The quantitative estimate of drug-likeness (QED) is 0.548. The van der Waals surface area contributed by atoms with Crippen molar-refractivity contribution in [2.45, 2.75) is 12.6 Å². The summed E-state index contributed by atoms with van der Waals surface area (Å²) < 4.78 is 52.1. The molecule has 2 aromatic carbocycles. The van der Waals surface area contributed by atoms with Gasteiger partial charge in [-0.25, -0.2) is 9.37 Å². The Morgan fingerprint density at radius 3 is 2.63 bits per heavy atom. The molecule has 3 nitrogen and oxygen atoms in total. The molecule has 0 unspecified atom stereocenters. The van der Waals surface area contributed by atoms with E-state index in [0.29, 0.717) is 27.4 Å². The van der Waals surface area contributed by atoms with E-state index in [1.807, 2.05) is 0 Å². The molecule has 0 aliphatic heterocycles. The Bertz CT molecular complexity index is 987. The summed E-state index contributed by atoms with van der Waals surface area (Å²) >= 11 is 7.37. The Morgan fingerprint density at radius 1 is 1.19 bits per heavy atom. The van der Waals surface area contributed by atoms with Gasteiger partial charge in [0, 0.05) is 10.9 Å². The normalized spacial score (nSPS) is 11.4. The summed E-state index contributed by atoms with van der Waals surface area (Å²) in [5.74, 6) is -1.73. The van der Waals surface area contributed by atoms with Gasteiger partial charge in [-0.15, -0.1) is 11.3 Å². The van der Waals surface area contributed by atoms with Gasteiger partial charge in [-0.2, -0.15) is 13.2 Å². The lowest BCUT2D eigenvalue weighted by Gasteiger charge is -2.13. The number of hydrogen-bond acceptors (Lipinski definition) is 3. The zero-order valence-corrected chi connectivity index (χ0v) is 15.1. The van der Waals surface area contributed by atoms with Crippen LogP contribution in [0.15, 0.2) is 47.8 Å². The van der Waals surface area contributed by atoms with Crippen LogP contribution in [0.3, 0.4) is 0 Å². The third kappa shape index (κ3) is 4.64. The van der Waals surface area contributed by atoms with E-state index in [4.69, 9.17) is 11.6 Å². The van der Waals surface area contributed by atoms with Crippen LogP contribution in [0.25, 0.3) is 10.6 Å². The van der Waals surface area contributed by atoms with Gasteiger partial charge in [0.2, 0.25) is 5.91 Å². The molecule has 1 N–H and O–H groups in total. The van der Waals surface area contributed by atoms with Crippen molar-refractivity contribution >= 4 is 34.5 Å². The molecule has 9 heteroatoms. The number of thiazole rings is 1. The predicted molar refractivity (Wildman–Crippen MR) is 96.3 cm³/mol. The number of halogens is 5. The van der Waals surface area contributed by atoms with Gasteiger partial charge in [0.25, 0.3) is 0 Å². The summed E-state index contributed by atoms with van der Waals surface area (Å²) in [5.41, 5.74) is -0.654. The van der Waals surface area contributed by atoms with Crippen molar-refractivity contribution in [3.05, 3.63) is 69.9 Å². The van der Waals surface area contributed by atoms with Crippen molar-refractivity contribution in [3.8, 4) is 10.6 Å². The number of alkyl halides is 3. The fraction of sp³-hybridized carbons (Fsp3) is 0.111. The highest BCUT2D eigenvalue weighted by atomic mass is 35.5. The van der Waals surface area contributed by atoms with E-state index < -0.39 is 29.2 Å². The van der Waals surface area contributed by atoms with E-state index in [2.05, 4.69) is 10.3 Å². The maximum Gasteiger partial charge on any atom is 0.418 e. The minimum Gasteiger partial charge on any atom is -0.325 e. The third-order valence-corrected chi connectivity index (χ3v) is 4.81. The monoisotopic (exact) mass is 414 g/mol. The number of anilines is 1. The van der Waals surface area contributed by atoms with E-state index in [1.54, 1.807) is 29.6 Å². The maximum atomic E-state index is 13.1. The highest BCUT2D eigenvalue weighted by Crippen LogP contribution is 2.35. The average molecular weight is 415 g/mol. The minimum atomic E-state index is -4.79. The van der Waals surface area contributed by atoms with E-state index in [9.17, 15) is 22.4 Å². The van der Waals surface area contributed by atoms with Gasteiger partial charge in [0.05, 0.1) is 28.4 Å². The van der Waals surface area contributed by atoms with Crippen LogP contribution in [0.4, 0.5) is 23.2 Å². The van der Waals surface area contributed by atoms with Crippen molar-refractivity contribution in [2.24, 2.45) is 0 Å². The van der Waals surface area contributed by atoms with Crippen LogP contribution in [0.1, 0.15) is 11.3 Å². The number of hydrogen-bond donors (Lipinski definition) is 1. The second-order valence-corrected chi connectivity index (χ2v) is 6.80. The van der Waals surface area contributed by atoms with Crippen molar-refractivity contribution in [2.75, 3.05) is 5.32 Å². The lowest BCUT2D eigenvalue weighted by atomic mass is 10.1. The molecule has 0 aliphatic carbocycles. The van der Waals surface area contributed by atoms with Gasteiger partial charge < -0.3 is 5.32 Å². The topological polar surface area (TPSA) is 42.0 Å². The fourth-order valence-electron chi connectivity index (χ4n) is 2.37. The molecule has 1 heterocycles. The van der Waals surface area contributed by atoms with Crippen LogP contribution < -0.4 is 5.32 Å². The molecule has 3 aromatic rings. The predicted octanol–water partition coefficient (Wildman–Crippen LogP) is 5.80. The first kappa shape index (κ1) is 19.3. The Morgan fingerprint density at radius 2 is 1.93 bits per heavy atom. The standard InChI is InChI=1S/C18H11ClF4N2OS/c19-14-4-2-1-3-12(14)17-24-11(9-27-17)8-16(26)25-15-6-5-10(20)7-13(15)18(21,22)23/h1-7,9H,8H2,(H,25,26). The first-order chi connectivity index (χ1) is 12.7. The first-order valence-corrected chi connectivity index (χ1v) is 8.85. The smallest absolute Gasteiger partial charge is 0.325 e. The van der Waals surface area contributed by atoms with Crippen LogP contribution in [-0.2, 0) is 17.4 Å². The number of carbonyl (C=O) groups excluding carboxylic acids is 1. The molecule has 0 spiro atoms. The Hall–Kier alpha value is -2.45. The lowest BCUT2D eigenvalue weighted by Crippen LogP contribution is -2.18. The third-order valence-electron chi connectivity index (χ3n) is 3.56. The van der Waals surface area contributed by atoms with Crippen LogP contribution in [-0.4, -0.2) is 10.9 Å². The van der Waals surface area contributed by atoms with Crippen LogP contribution in [0.2, 0.25) is 5.02 Å². The number of carbonyl (C=O) groups is 1. The molecule has 0 saturated carbocycles. The summed E-state index contributed by atoms with van der Waals surface area (Å²) in [4.78, 5) is 16.4. The SMILES string of the molecule is O=C(Cc1csc(-c2ccccc2Cl)n1)Nc1ccc(F)cc1C(F)(F)F. The van der Waals surface area contributed by atoms with E-state index in [0.717, 1.165) is 12.1 Å². The minimum absolute atomic E-state index is 0.227. The van der Waals surface area contributed by atoms with Gasteiger partial charge in [-0.3, -0.25) is 4.79 Å². The van der Waals surface area contributed by atoms with Crippen LogP contribution in [0.5, 0.6) is 0 Å². The number of rotatable bonds is 4. The summed E-state index contributed by atoms with van der Waals surface area (Å²) in [7, 11) is 0. The average Bonchev–Trinajstić information content (AvgIpc) is 3.04. The number of nitrogens with zero attached hydrogens (tertiary/aromatic N) is 1. The Balaban J connectivity index is 1.75. The molecule has 0 aliphatic rings. The van der Waals surface area contributed by atoms with E-state index in [1.165, 1.54) is 11.3 Å². The second kappa shape index (κ2) is 7.66. The number of nitrogens with one attached hydrogen (secondary N) is 1. The van der Waals surface area contributed by atoms with Crippen molar-refractivity contribution in [3.63, 3.8) is 0 Å². The molecular formula is C18H11ClF4N2OS.